The van der Waals surface area contributed by atoms with Crippen molar-refractivity contribution in [3.63, 3.8) is 0 Å². The highest BCUT2D eigenvalue weighted by molar-refractivity contribution is 7.88. The summed E-state index contributed by atoms with van der Waals surface area (Å²) in [5.74, 6) is 1.64. The summed E-state index contributed by atoms with van der Waals surface area (Å²) in [6, 6.07) is 7.57. The molecule has 1 aliphatic heterocycles. The van der Waals surface area contributed by atoms with Gasteiger partial charge in [-0.1, -0.05) is 31.4 Å². The molecule has 1 N–H and O–H groups in total. The van der Waals surface area contributed by atoms with E-state index in [1.165, 1.54) is 25.7 Å². The van der Waals surface area contributed by atoms with Gasteiger partial charge in [0, 0.05) is 25.2 Å². The molecule has 0 bridgehead atoms. The number of carbonyl (C=O) groups excluding carboxylic acids is 1. The average molecular weight is 365 g/mol. The zero-order valence-electron chi connectivity index (χ0n) is 14.9. The van der Waals surface area contributed by atoms with Gasteiger partial charge in [0.25, 0.3) is 5.91 Å². The van der Waals surface area contributed by atoms with Gasteiger partial charge in [0.05, 0.1) is 6.26 Å². The minimum atomic E-state index is -3.15. The molecule has 1 saturated carbocycles. The summed E-state index contributed by atoms with van der Waals surface area (Å²) in [4.78, 5) is 14.8. The molecule has 2 atom stereocenters. The van der Waals surface area contributed by atoms with Crippen LogP contribution in [-0.4, -0.2) is 45.1 Å². The fourth-order valence-corrected chi connectivity index (χ4v) is 4.64. The summed E-state index contributed by atoms with van der Waals surface area (Å²) in [5, 5.41) is 0. The number of rotatable bonds is 5. The lowest BCUT2D eigenvalue weighted by atomic mass is 9.75. The number of fused-ring (bicyclic) bond motifs is 1. The fraction of sp³-hybridized carbons (Fsp3) is 0.632. The SMILES string of the molecule is CS(=O)(=O)NCCc1ccc(C(=O)N2CC[C@@H]3CCCC[C@H]3C2)cc1. The van der Waals surface area contributed by atoms with E-state index < -0.39 is 10.0 Å². The van der Waals surface area contributed by atoms with E-state index in [9.17, 15) is 13.2 Å². The Morgan fingerprint density at radius 1 is 1.12 bits per heavy atom. The third kappa shape index (κ3) is 5.05. The molecule has 1 aromatic rings. The Labute approximate surface area is 150 Å². The quantitative estimate of drug-likeness (QED) is 0.873. The Balaban J connectivity index is 1.55. The van der Waals surface area contributed by atoms with Crippen LogP contribution in [0.5, 0.6) is 0 Å². The molecule has 0 radical (unpaired) electrons. The second kappa shape index (κ2) is 7.87. The van der Waals surface area contributed by atoms with Crippen LogP contribution in [-0.2, 0) is 16.4 Å². The van der Waals surface area contributed by atoms with Crippen LogP contribution in [0.2, 0.25) is 0 Å². The smallest absolute Gasteiger partial charge is 0.253 e. The number of amides is 1. The molecule has 0 unspecified atom stereocenters. The maximum Gasteiger partial charge on any atom is 0.253 e. The van der Waals surface area contributed by atoms with E-state index in [1.54, 1.807) is 0 Å². The van der Waals surface area contributed by atoms with Crippen LogP contribution in [0.3, 0.4) is 0 Å². The standard InChI is InChI=1S/C19H28N2O3S/c1-25(23,24)20-12-10-15-6-8-17(9-7-15)19(22)21-13-11-16-4-2-3-5-18(16)14-21/h6-9,16,18,20H,2-5,10-14H2,1H3/t16-,18-/m0/s1. The Kier molecular flexibility index (Phi) is 5.79. The number of hydrogen-bond donors (Lipinski definition) is 1. The van der Waals surface area contributed by atoms with Crippen molar-refractivity contribution in [2.24, 2.45) is 11.8 Å². The van der Waals surface area contributed by atoms with E-state index >= 15 is 0 Å². The minimum Gasteiger partial charge on any atom is -0.338 e. The molecule has 1 heterocycles. The molecular formula is C19H28N2O3S. The number of carbonyl (C=O) groups is 1. The predicted octanol–water partition coefficient (Wildman–Crippen LogP) is 2.43. The molecular weight excluding hydrogens is 336 g/mol. The number of likely N-dealkylation sites (tertiary alicyclic amines) is 1. The van der Waals surface area contributed by atoms with Crippen LogP contribution in [0.4, 0.5) is 0 Å². The lowest BCUT2D eigenvalue weighted by Gasteiger charge is -2.41. The molecule has 2 aliphatic rings. The number of sulfonamides is 1. The maximum absolute atomic E-state index is 12.8. The van der Waals surface area contributed by atoms with Crippen LogP contribution in [0, 0.1) is 11.8 Å². The van der Waals surface area contributed by atoms with Crippen molar-refractivity contribution in [2.45, 2.75) is 38.5 Å². The first kappa shape index (κ1) is 18.4. The topological polar surface area (TPSA) is 66.5 Å². The summed E-state index contributed by atoms with van der Waals surface area (Å²) in [6.07, 6.45) is 8.18. The molecule has 0 aromatic heterocycles. The first-order valence-corrected chi connectivity index (χ1v) is 11.1. The van der Waals surface area contributed by atoms with Crippen molar-refractivity contribution in [2.75, 3.05) is 25.9 Å². The first-order chi connectivity index (χ1) is 11.9. The van der Waals surface area contributed by atoms with E-state index in [2.05, 4.69) is 4.72 Å². The van der Waals surface area contributed by atoms with E-state index in [1.807, 2.05) is 29.2 Å². The second-order valence-electron chi connectivity index (χ2n) is 7.46. The summed E-state index contributed by atoms with van der Waals surface area (Å²) in [6.45, 7) is 2.16. The van der Waals surface area contributed by atoms with E-state index in [0.717, 1.165) is 42.8 Å². The summed E-state index contributed by atoms with van der Waals surface area (Å²) < 4.78 is 24.6. The molecule has 1 amide bonds. The second-order valence-corrected chi connectivity index (χ2v) is 9.29. The highest BCUT2D eigenvalue weighted by Crippen LogP contribution is 2.36. The molecule has 2 fully saturated rings. The molecule has 1 aromatic carbocycles. The third-order valence-electron chi connectivity index (χ3n) is 5.56. The van der Waals surface area contributed by atoms with Crippen molar-refractivity contribution in [3.05, 3.63) is 35.4 Å². The molecule has 1 aliphatic carbocycles. The number of nitrogens with zero attached hydrogens (tertiary/aromatic N) is 1. The molecule has 138 valence electrons. The molecule has 25 heavy (non-hydrogen) atoms. The lowest BCUT2D eigenvalue weighted by Crippen LogP contribution is -2.44. The van der Waals surface area contributed by atoms with Crippen molar-refractivity contribution in [1.82, 2.24) is 9.62 Å². The van der Waals surface area contributed by atoms with Crippen molar-refractivity contribution in [3.8, 4) is 0 Å². The fourth-order valence-electron chi connectivity index (χ4n) is 4.16. The number of piperidine rings is 1. The van der Waals surface area contributed by atoms with Gasteiger partial charge in [-0.25, -0.2) is 13.1 Å². The van der Waals surface area contributed by atoms with Gasteiger partial charge in [-0.3, -0.25) is 4.79 Å². The maximum atomic E-state index is 12.8. The molecule has 5 nitrogen and oxygen atoms in total. The Bertz CT molecular complexity index is 700. The molecule has 6 heteroatoms. The summed E-state index contributed by atoms with van der Waals surface area (Å²) in [7, 11) is -3.15. The van der Waals surface area contributed by atoms with Gasteiger partial charge in [0.15, 0.2) is 0 Å². The van der Waals surface area contributed by atoms with E-state index in [0.29, 0.717) is 18.9 Å². The molecule has 1 saturated heterocycles. The predicted molar refractivity (Wildman–Crippen MR) is 99.0 cm³/mol. The van der Waals surface area contributed by atoms with Crippen LogP contribution in [0.15, 0.2) is 24.3 Å². The normalized spacial score (nSPS) is 24.0. The third-order valence-corrected chi connectivity index (χ3v) is 6.29. The average Bonchev–Trinajstić information content (AvgIpc) is 2.60. The van der Waals surface area contributed by atoms with Crippen LogP contribution in [0.1, 0.15) is 48.0 Å². The minimum absolute atomic E-state index is 0.129. The summed E-state index contributed by atoms with van der Waals surface area (Å²) >= 11 is 0. The zero-order chi connectivity index (χ0) is 17.9. The van der Waals surface area contributed by atoms with Crippen molar-refractivity contribution < 1.29 is 13.2 Å². The Morgan fingerprint density at radius 3 is 2.48 bits per heavy atom. The Hall–Kier alpha value is -1.40. The lowest BCUT2D eigenvalue weighted by molar-refractivity contribution is 0.0521. The summed E-state index contributed by atoms with van der Waals surface area (Å²) in [5.41, 5.74) is 1.76. The van der Waals surface area contributed by atoms with Gasteiger partial charge in [0.1, 0.15) is 0 Å². The van der Waals surface area contributed by atoms with Crippen LogP contribution < -0.4 is 4.72 Å². The van der Waals surface area contributed by atoms with Gasteiger partial charge in [0.2, 0.25) is 10.0 Å². The first-order valence-electron chi connectivity index (χ1n) is 9.25. The largest absolute Gasteiger partial charge is 0.338 e. The van der Waals surface area contributed by atoms with Crippen molar-refractivity contribution in [1.29, 1.82) is 0 Å². The van der Waals surface area contributed by atoms with E-state index in [-0.39, 0.29) is 5.91 Å². The van der Waals surface area contributed by atoms with Crippen LogP contribution in [0.25, 0.3) is 0 Å². The highest BCUT2D eigenvalue weighted by Gasteiger charge is 2.33. The number of nitrogens with one attached hydrogen (secondary N) is 1. The van der Waals surface area contributed by atoms with Gasteiger partial charge >= 0.3 is 0 Å². The monoisotopic (exact) mass is 364 g/mol. The molecule has 3 rings (SSSR count). The number of benzene rings is 1. The highest BCUT2D eigenvalue weighted by atomic mass is 32.2. The van der Waals surface area contributed by atoms with E-state index in [4.69, 9.17) is 0 Å². The molecule has 0 spiro atoms. The van der Waals surface area contributed by atoms with Gasteiger partial charge < -0.3 is 4.90 Å². The van der Waals surface area contributed by atoms with Gasteiger partial charge in [-0.15, -0.1) is 0 Å². The van der Waals surface area contributed by atoms with Crippen molar-refractivity contribution >= 4 is 15.9 Å². The van der Waals surface area contributed by atoms with Gasteiger partial charge in [-0.05, 0) is 48.8 Å². The number of hydrogen-bond acceptors (Lipinski definition) is 3. The van der Waals surface area contributed by atoms with Crippen LogP contribution >= 0.6 is 0 Å². The Morgan fingerprint density at radius 2 is 1.80 bits per heavy atom. The van der Waals surface area contributed by atoms with Gasteiger partial charge in [-0.2, -0.15) is 0 Å². The zero-order valence-corrected chi connectivity index (χ0v) is 15.7.